The normalized spacial score (nSPS) is 7.33. The van der Waals surface area contributed by atoms with E-state index in [1.54, 1.807) is 24.5 Å². The van der Waals surface area contributed by atoms with Gasteiger partial charge >= 0.3 is 0 Å². The standard InChI is InChI=1S/C5H6N2.CH3F/c6-5-2-1-3-7-4-5;1-2/h1-4H,6H2;1H3. The Labute approximate surface area is 53.5 Å². The van der Waals surface area contributed by atoms with E-state index in [-0.39, 0.29) is 0 Å². The summed E-state index contributed by atoms with van der Waals surface area (Å²) in [6.45, 7) is 0. The number of aromatic nitrogens is 1. The smallest absolute Gasteiger partial charge is 0.0785 e. The van der Waals surface area contributed by atoms with Gasteiger partial charge in [-0.1, -0.05) is 0 Å². The number of pyridine rings is 1. The topological polar surface area (TPSA) is 38.9 Å². The van der Waals surface area contributed by atoms with Gasteiger partial charge in [-0.05, 0) is 12.1 Å². The number of nitrogens with zero attached hydrogens (tertiary/aromatic N) is 1. The van der Waals surface area contributed by atoms with Crippen LogP contribution >= 0.6 is 0 Å². The lowest BCUT2D eigenvalue weighted by molar-refractivity contribution is 0.636. The van der Waals surface area contributed by atoms with Gasteiger partial charge in [0, 0.05) is 12.4 Å². The van der Waals surface area contributed by atoms with E-state index >= 15 is 0 Å². The van der Waals surface area contributed by atoms with E-state index in [2.05, 4.69) is 4.98 Å². The molecule has 0 saturated carbocycles. The molecule has 0 aromatic carbocycles. The third-order valence-electron chi connectivity index (χ3n) is 0.684. The first kappa shape index (κ1) is 7.88. The highest BCUT2D eigenvalue weighted by Crippen LogP contribution is 1.92. The summed E-state index contributed by atoms with van der Waals surface area (Å²) >= 11 is 0. The average Bonchev–Trinajstić information content (AvgIpc) is 1.94. The molecule has 0 spiro atoms. The van der Waals surface area contributed by atoms with Crippen LogP contribution in [0.1, 0.15) is 0 Å². The number of nitrogens with two attached hydrogens (primary N) is 1. The number of rotatable bonds is 0. The Morgan fingerprint density at radius 1 is 1.56 bits per heavy atom. The summed E-state index contributed by atoms with van der Waals surface area (Å²) in [6.07, 6.45) is 3.30. The second-order valence-corrected chi connectivity index (χ2v) is 1.29. The van der Waals surface area contributed by atoms with Crippen molar-refractivity contribution in [3.63, 3.8) is 0 Å². The van der Waals surface area contributed by atoms with Gasteiger partial charge in [0.05, 0.1) is 12.9 Å². The second-order valence-electron chi connectivity index (χ2n) is 1.29. The highest BCUT2D eigenvalue weighted by molar-refractivity contribution is 5.32. The van der Waals surface area contributed by atoms with E-state index in [4.69, 9.17) is 5.73 Å². The van der Waals surface area contributed by atoms with Crippen LogP contribution in [0.4, 0.5) is 10.1 Å². The Balaban J connectivity index is 0.000000291. The SMILES string of the molecule is CF.Nc1cccnc1. The lowest BCUT2D eigenvalue weighted by Crippen LogP contribution is -1.82. The molecule has 0 amide bonds. The average molecular weight is 128 g/mol. The van der Waals surface area contributed by atoms with Crippen LogP contribution in [-0.2, 0) is 0 Å². The molecule has 1 aromatic rings. The van der Waals surface area contributed by atoms with E-state index < -0.39 is 0 Å². The summed E-state index contributed by atoms with van der Waals surface area (Å²) in [6, 6.07) is 3.60. The summed E-state index contributed by atoms with van der Waals surface area (Å²) in [5, 5.41) is 0. The number of nitrogen functional groups attached to an aromatic ring is 1. The fraction of sp³-hybridized carbons (Fsp3) is 0.167. The maximum absolute atomic E-state index is 9.50. The molecule has 1 rings (SSSR count). The third-order valence-corrected chi connectivity index (χ3v) is 0.684. The summed E-state index contributed by atoms with van der Waals surface area (Å²) in [7, 11) is 0.500. The molecule has 0 unspecified atom stereocenters. The first-order valence-corrected chi connectivity index (χ1v) is 2.43. The van der Waals surface area contributed by atoms with Crippen molar-refractivity contribution in [2.45, 2.75) is 0 Å². The summed E-state index contributed by atoms with van der Waals surface area (Å²) in [5.41, 5.74) is 6.01. The van der Waals surface area contributed by atoms with E-state index in [9.17, 15) is 4.39 Å². The number of alkyl halides is 1. The van der Waals surface area contributed by atoms with Crippen LogP contribution in [-0.4, -0.2) is 12.2 Å². The molecule has 3 heteroatoms. The van der Waals surface area contributed by atoms with Crippen molar-refractivity contribution in [3.8, 4) is 0 Å². The van der Waals surface area contributed by atoms with Crippen molar-refractivity contribution in [3.05, 3.63) is 24.5 Å². The van der Waals surface area contributed by atoms with Crippen LogP contribution in [0.3, 0.4) is 0 Å². The minimum atomic E-state index is 0.500. The van der Waals surface area contributed by atoms with Gasteiger partial charge in [-0.15, -0.1) is 0 Å². The van der Waals surface area contributed by atoms with Gasteiger partial charge in [0.1, 0.15) is 0 Å². The highest BCUT2D eigenvalue weighted by Gasteiger charge is 1.73. The molecule has 2 N–H and O–H groups in total. The molecule has 0 fully saturated rings. The maximum Gasteiger partial charge on any atom is 0.0785 e. The van der Waals surface area contributed by atoms with Gasteiger partial charge in [0.25, 0.3) is 0 Å². The largest absolute Gasteiger partial charge is 0.397 e. The number of halogens is 1. The first-order chi connectivity index (χ1) is 4.39. The van der Waals surface area contributed by atoms with E-state index in [1.165, 1.54) is 0 Å². The molecule has 0 radical (unpaired) electrons. The highest BCUT2D eigenvalue weighted by atomic mass is 19.1. The van der Waals surface area contributed by atoms with Crippen molar-refractivity contribution >= 4 is 5.69 Å². The number of hydrogen-bond acceptors (Lipinski definition) is 2. The molecule has 0 aliphatic carbocycles. The Bertz CT molecular complexity index is 141. The predicted octanol–water partition coefficient (Wildman–Crippen LogP) is 1.25. The Morgan fingerprint density at radius 3 is 2.44 bits per heavy atom. The molecule has 0 bridgehead atoms. The summed E-state index contributed by atoms with van der Waals surface area (Å²) in [5.74, 6) is 0. The molecule has 0 atom stereocenters. The zero-order chi connectivity index (χ0) is 7.11. The van der Waals surface area contributed by atoms with Gasteiger partial charge in [0.2, 0.25) is 0 Å². The monoisotopic (exact) mass is 128 g/mol. The van der Waals surface area contributed by atoms with Gasteiger partial charge in [-0.2, -0.15) is 0 Å². The number of anilines is 1. The van der Waals surface area contributed by atoms with Crippen LogP contribution in [0, 0.1) is 0 Å². The minimum absolute atomic E-state index is 0.500. The van der Waals surface area contributed by atoms with Gasteiger partial charge in [-0.25, -0.2) is 0 Å². The Kier molecular flexibility index (Phi) is 4.40. The molecule has 0 aliphatic rings. The van der Waals surface area contributed by atoms with Crippen LogP contribution in [0.15, 0.2) is 24.5 Å². The minimum Gasteiger partial charge on any atom is -0.397 e. The van der Waals surface area contributed by atoms with Crippen molar-refractivity contribution < 1.29 is 4.39 Å². The van der Waals surface area contributed by atoms with Crippen molar-refractivity contribution in [1.29, 1.82) is 0 Å². The van der Waals surface area contributed by atoms with Gasteiger partial charge < -0.3 is 5.73 Å². The maximum atomic E-state index is 9.50. The molecule has 1 heterocycles. The fourth-order valence-corrected chi connectivity index (χ4v) is 0.376. The molecule has 9 heavy (non-hydrogen) atoms. The molecular weight excluding hydrogens is 119 g/mol. The molecule has 50 valence electrons. The fourth-order valence-electron chi connectivity index (χ4n) is 0.376. The van der Waals surface area contributed by atoms with Gasteiger partial charge in [0.15, 0.2) is 0 Å². The van der Waals surface area contributed by atoms with Gasteiger partial charge in [-0.3, -0.25) is 9.37 Å². The zero-order valence-electron chi connectivity index (χ0n) is 5.21. The second kappa shape index (κ2) is 5.03. The lowest BCUT2D eigenvalue weighted by atomic mass is 10.4. The van der Waals surface area contributed by atoms with Crippen LogP contribution in [0.25, 0.3) is 0 Å². The van der Waals surface area contributed by atoms with Crippen molar-refractivity contribution in [2.24, 2.45) is 0 Å². The summed E-state index contributed by atoms with van der Waals surface area (Å²) in [4.78, 5) is 3.76. The van der Waals surface area contributed by atoms with Crippen LogP contribution < -0.4 is 5.73 Å². The van der Waals surface area contributed by atoms with E-state index in [1.807, 2.05) is 0 Å². The van der Waals surface area contributed by atoms with Crippen LogP contribution in [0.2, 0.25) is 0 Å². The Morgan fingerprint density at radius 2 is 2.22 bits per heavy atom. The molecule has 2 nitrogen and oxygen atoms in total. The number of hydrogen-bond donors (Lipinski definition) is 1. The van der Waals surface area contributed by atoms with E-state index in [0.29, 0.717) is 12.9 Å². The first-order valence-electron chi connectivity index (χ1n) is 2.43. The van der Waals surface area contributed by atoms with Crippen molar-refractivity contribution in [1.82, 2.24) is 4.98 Å². The molecule has 0 aliphatic heterocycles. The summed E-state index contributed by atoms with van der Waals surface area (Å²) < 4.78 is 9.50. The molecule has 1 aromatic heterocycles. The zero-order valence-corrected chi connectivity index (χ0v) is 5.21. The van der Waals surface area contributed by atoms with E-state index in [0.717, 1.165) is 0 Å². The molecule has 0 saturated heterocycles. The predicted molar refractivity (Wildman–Crippen MR) is 35.7 cm³/mol. The lowest BCUT2D eigenvalue weighted by Gasteiger charge is -1.83. The quantitative estimate of drug-likeness (QED) is 0.571. The molecular formula is C6H9FN2. The van der Waals surface area contributed by atoms with Crippen LogP contribution in [0.5, 0.6) is 0 Å². The van der Waals surface area contributed by atoms with Crippen molar-refractivity contribution in [2.75, 3.05) is 12.9 Å². The third kappa shape index (κ3) is 3.46. The Hall–Kier alpha value is -1.12.